The molecule has 0 aliphatic carbocycles. The van der Waals surface area contributed by atoms with Crippen molar-refractivity contribution >= 4 is 29.2 Å². The van der Waals surface area contributed by atoms with E-state index in [0.717, 1.165) is 22.4 Å². The molecule has 3 aromatic carbocycles. The molecule has 3 N–H and O–H groups in total. The van der Waals surface area contributed by atoms with Crippen molar-refractivity contribution < 1.29 is 23.8 Å². The van der Waals surface area contributed by atoms with Gasteiger partial charge in [0.1, 0.15) is 11.8 Å². The second kappa shape index (κ2) is 9.58. The van der Waals surface area contributed by atoms with Gasteiger partial charge >= 0.3 is 5.97 Å². The first kappa shape index (κ1) is 22.1. The van der Waals surface area contributed by atoms with Crippen LogP contribution in [0.15, 0.2) is 66.7 Å². The molecule has 0 fully saturated rings. The number of benzene rings is 3. The fourth-order valence-corrected chi connectivity index (χ4v) is 3.62. The van der Waals surface area contributed by atoms with Crippen molar-refractivity contribution in [3.05, 3.63) is 83.4 Å². The van der Waals surface area contributed by atoms with Gasteiger partial charge < -0.3 is 25.3 Å². The van der Waals surface area contributed by atoms with Gasteiger partial charge in [-0.05, 0) is 54.0 Å². The second-order valence-electron chi connectivity index (χ2n) is 7.55. The van der Waals surface area contributed by atoms with E-state index in [1.807, 2.05) is 54.6 Å². The Morgan fingerprint density at radius 3 is 2.52 bits per heavy atom. The van der Waals surface area contributed by atoms with E-state index in [0.29, 0.717) is 29.2 Å². The van der Waals surface area contributed by atoms with Crippen LogP contribution in [0.3, 0.4) is 0 Å². The number of nitrogens with one attached hydrogen (secondary N) is 1. The van der Waals surface area contributed by atoms with Crippen molar-refractivity contribution in [1.29, 1.82) is 0 Å². The molecule has 1 aliphatic rings. The van der Waals surface area contributed by atoms with Crippen LogP contribution in [0.1, 0.15) is 16.7 Å². The Bertz CT molecular complexity index is 1220. The molecule has 7 nitrogen and oxygen atoms in total. The minimum Gasteiger partial charge on any atom is -0.493 e. The van der Waals surface area contributed by atoms with Crippen LogP contribution in [0.4, 0.5) is 5.69 Å². The first-order chi connectivity index (χ1) is 16.0. The minimum absolute atomic E-state index is 0.137. The van der Waals surface area contributed by atoms with E-state index >= 15 is 0 Å². The molecule has 0 radical (unpaired) electrons. The average Bonchev–Trinajstić information content (AvgIpc) is 3.15. The lowest BCUT2D eigenvalue weighted by atomic mass is 10.0. The highest BCUT2D eigenvalue weighted by Gasteiger charge is 2.23. The van der Waals surface area contributed by atoms with Gasteiger partial charge in [0, 0.05) is 16.8 Å². The molecule has 1 unspecified atom stereocenters. The molecule has 1 aliphatic heterocycles. The molecule has 7 heteroatoms. The number of fused-ring (bicyclic) bond motifs is 1. The molecule has 0 saturated heterocycles. The maximum atomic E-state index is 12.4. The Labute approximate surface area is 191 Å². The largest absolute Gasteiger partial charge is 0.493 e. The molecule has 1 amide bonds. The third-order valence-electron chi connectivity index (χ3n) is 5.32. The molecule has 0 aromatic heterocycles. The van der Waals surface area contributed by atoms with Gasteiger partial charge in [0.2, 0.25) is 0 Å². The Kier molecular flexibility index (Phi) is 6.42. The van der Waals surface area contributed by atoms with Crippen LogP contribution in [0.2, 0.25) is 0 Å². The number of anilines is 1. The number of ether oxygens (including phenoxy) is 3. The van der Waals surface area contributed by atoms with Gasteiger partial charge in [-0.3, -0.25) is 9.59 Å². The standard InChI is InChI=1S/C26H24N2O5/c1-31-24-15-17(13-20-19-5-3-4-6-22(19)28-25(20)29)9-12-23(24)33-18-10-7-16(8-11-18)14-21(27)26(30)32-2/h3-13,15,21H,14,27H2,1-2H3,(H,28,29). The highest BCUT2D eigenvalue weighted by atomic mass is 16.5. The quantitative estimate of drug-likeness (QED) is 0.422. The van der Waals surface area contributed by atoms with E-state index in [9.17, 15) is 9.59 Å². The first-order valence-electron chi connectivity index (χ1n) is 10.4. The van der Waals surface area contributed by atoms with Crippen LogP contribution < -0.4 is 20.5 Å². The molecule has 4 rings (SSSR count). The summed E-state index contributed by atoms with van der Waals surface area (Å²) in [6.07, 6.45) is 2.20. The zero-order valence-electron chi connectivity index (χ0n) is 18.3. The summed E-state index contributed by atoms with van der Waals surface area (Å²) in [7, 11) is 2.88. The van der Waals surface area contributed by atoms with Crippen LogP contribution in [0, 0.1) is 0 Å². The van der Waals surface area contributed by atoms with E-state index in [-0.39, 0.29) is 5.91 Å². The van der Waals surface area contributed by atoms with Gasteiger partial charge in [0.25, 0.3) is 5.91 Å². The molecular weight excluding hydrogens is 420 g/mol. The molecular formula is C26H24N2O5. The van der Waals surface area contributed by atoms with E-state index in [2.05, 4.69) is 10.1 Å². The average molecular weight is 444 g/mol. The maximum absolute atomic E-state index is 12.4. The van der Waals surface area contributed by atoms with Gasteiger partial charge in [0.15, 0.2) is 11.5 Å². The Morgan fingerprint density at radius 2 is 1.79 bits per heavy atom. The number of amides is 1. The number of hydrogen-bond donors (Lipinski definition) is 2. The van der Waals surface area contributed by atoms with Crippen molar-refractivity contribution in [3.63, 3.8) is 0 Å². The first-order valence-corrected chi connectivity index (χ1v) is 10.4. The van der Waals surface area contributed by atoms with Crippen molar-refractivity contribution in [2.45, 2.75) is 12.5 Å². The molecule has 1 atom stereocenters. The number of hydrogen-bond acceptors (Lipinski definition) is 6. The summed E-state index contributed by atoms with van der Waals surface area (Å²) in [6.45, 7) is 0. The summed E-state index contributed by atoms with van der Waals surface area (Å²) in [5.74, 6) is 1.10. The van der Waals surface area contributed by atoms with Crippen LogP contribution in [-0.4, -0.2) is 32.1 Å². The van der Waals surface area contributed by atoms with Gasteiger partial charge in [-0.15, -0.1) is 0 Å². The normalized spacial score (nSPS) is 14.4. The Hall–Kier alpha value is -4.10. The summed E-state index contributed by atoms with van der Waals surface area (Å²) >= 11 is 0. The number of para-hydroxylation sites is 1. The second-order valence-corrected chi connectivity index (χ2v) is 7.55. The molecule has 33 heavy (non-hydrogen) atoms. The molecule has 1 heterocycles. The lowest BCUT2D eigenvalue weighted by Crippen LogP contribution is -2.33. The van der Waals surface area contributed by atoms with E-state index in [1.165, 1.54) is 7.11 Å². The lowest BCUT2D eigenvalue weighted by molar-refractivity contribution is -0.142. The highest BCUT2D eigenvalue weighted by Crippen LogP contribution is 2.36. The zero-order chi connectivity index (χ0) is 23.4. The summed E-state index contributed by atoms with van der Waals surface area (Å²) in [5, 5.41) is 2.87. The maximum Gasteiger partial charge on any atom is 0.322 e. The topological polar surface area (TPSA) is 99.9 Å². The number of rotatable bonds is 7. The number of methoxy groups -OCH3 is 2. The van der Waals surface area contributed by atoms with Crippen molar-refractivity contribution in [3.8, 4) is 17.2 Å². The molecule has 0 bridgehead atoms. The van der Waals surface area contributed by atoms with Gasteiger partial charge in [-0.1, -0.05) is 36.4 Å². The molecule has 0 saturated carbocycles. The molecule has 3 aromatic rings. The lowest BCUT2D eigenvalue weighted by Gasteiger charge is -2.13. The van der Waals surface area contributed by atoms with Gasteiger partial charge in [0.05, 0.1) is 14.2 Å². The fourth-order valence-electron chi connectivity index (χ4n) is 3.62. The number of nitrogens with two attached hydrogens (primary N) is 1. The minimum atomic E-state index is -0.711. The monoisotopic (exact) mass is 444 g/mol. The van der Waals surface area contributed by atoms with Gasteiger partial charge in [-0.25, -0.2) is 0 Å². The smallest absolute Gasteiger partial charge is 0.322 e. The summed E-state index contributed by atoms with van der Waals surface area (Å²) in [5.41, 5.74) is 9.79. The predicted molar refractivity (Wildman–Crippen MR) is 126 cm³/mol. The summed E-state index contributed by atoms with van der Waals surface area (Å²) < 4.78 is 16.2. The van der Waals surface area contributed by atoms with Crippen LogP contribution in [-0.2, 0) is 20.7 Å². The van der Waals surface area contributed by atoms with Crippen LogP contribution >= 0.6 is 0 Å². The molecule has 0 spiro atoms. The van der Waals surface area contributed by atoms with E-state index in [1.54, 1.807) is 25.3 Å². The third kappa shape index (κ3) is 4.88. The van der Waals surface area contributed by atoms with Crippen LogP contribution in [0.5, 0.6) is 17.2 Å². The van der Waals surface area contributed by atoms with Crippen molar-refractivity contribution in [2.75, 3.05) is 19.5 Å². The summed E-state index contributed by atoms with van der Waals surface area (Å²) in [4.78, 5) is 23.9. The highest BCUT2D eigenvalue weighted by molar-refractivity contribution is 6.34. The van der Waals surface area contributed by atoms with Crippen LogP contribution in [0.25, 0.3) is 11.6 Å². The van der Waals surface area contributed by atoms with Crippen molar-refractivity contribution in [2.24, 2.45) is 5.73 Å². The SMILES string of the molecule is COC(=O)C(N)Cc1ccc(Oc2ccc(C=C3C(=O)Nc4ccccc43)cc2OC)cc1. The molecule has 168 valence electrons. The van der Waals surface area contributed by atoms with E-state index < -0.39 is 12.0 Å². The Balaban J connectivity index is 1.51. The Morgan fingerprint density at radius 1 is 1.03 bits per heavy atom. The number of carbonyl (C=O) groups excluding carboxylic acids is 2. The number of esters is 1. The predicted octanol–water partition coefficient (Wildman–Crippen LogP) is 4.02. The zero-order valence-corrected chi connectivity index (χ0v) is 18.3. The fraction of sp³-hybridized carbons (Fsp3) is 0.154. The summed E-state index contributed by atoms with van der Waals surface area (Å²) in [6, 6.07) is 19.6. The van der Waals surface area contributed by atoms with Gasteiger partial charge in [-0.2, -0.15) is 0 Å². The van der Waals surface area contributed by atoms with Crippen molar-refractivity contribution in [1.82, 2.24) is 0 Å². The number of carbonyl (C=O) groups is 2. The van der Waals surface area contributed by atoms with E-state index in [4.69, 9.17) is 15.2 Å². The third-order valence-corrected chi connectivity index (χ3v) is 5.32.